The molecule has 1 amide bonds. The van der Waals surface area contributed by atoms with E-state index in [2.05, 4.69) is 4.90 Å². The normalized spacial score (nSPS) is 18.6. The first-order valence-electron chi connectivity index (χ1n) is 12.7. The third kappa shape index (κ3) is 4.26. The third-order valence-electron chi connectivity index (χ3n) is 7.45. The summed E-state index contributed by atoms with van der Waals surface area (Å²) in [7, 11) is 1.66. The van der Waals surface area contributed by atoms with E-state index in [4.69, 9.17) is 14.7 Å². The number of thiophene rings is 1. The van der Waals surface area contributed by atoms with Crippen molar-refractivity contribution in [3.05, 3.63) is 46.1 Å². The molecule has 0 bridgehead atoms. The first-order valence-corrected chi connectivity index (χ1v) is 13.5. The van der Waals surface area contributed by atoms with Crippen LogP contribution in [-0.2, 0) is 24.1 Å². The summed E-state index contributed by atoms with van der Waals surface area (Å²) in [6, 6.07) is 7.79. The third-order valence-corrected chi connectivity index (χ3v) is 8.64. The van der Waals surface area contributed by atoms with Crippen LogP contribution in [0.4, 0.5) is 5.82 Å². The summed E-state index contributed by atoms with van der Waals surface area (Å²) in [4.78, 5) is 30.3. The lowest BCUT2D eigenvalue weighted by Crippen LogP contribution is -2.49. The number of benzene rings is 1. The van der Waals surface area contributed by atoms with Crippen LogP contribution >= 0.6 is 11.3 Å². The summed E-state index contributed by atoms with van der Waals surface area (Å²) in [6.07, 6.45) is 9.05. The second kappa shape index (κ2) is 9.17. The van der Waals surface area contributed by atoms with Gasteiger partial charge in [-0.25, -0.2) is 9.97 Å². The number of aryl methyl sites for hydroxylation is 2. The van der Waals surface area contributed by atoms with Gasteiger partial charge in [0.25, 0.3) is 0 Å². The Morgan fingerprint density at radius 2 is 1.79 bits per heavy atom. The lowest BCUT2D eigenvalue weighted by atomic mass is 10.1. The highest BCUT2D eigenvalue weighted by molar-refractivity contribution is 7.19. The minimum Gasteiger partial charge on any atom is -0.497 e. The molecule has 3 heterocycles. The Kier molecular flexibility index (Phi) is 5.89. The predicted octanol–water partition coefficient (Wildman–Crippen LogP) is 4.74. The Morgan fingerprint density at radius 1 is 1.03 bits per heavy atom. The van der Waals surface area contributed by atoms with Crippen LogP contribution in [0.5, 0.6) is 5.75 Å². The van der Waals surface area contributed by atoms with Gasteiger partial charge in [-0.05, 0) is 61.8 Å². The van der Waals surface area contributed by atoms with Crippen LogP contribution in [0.15, 0.2) is 24.3 Å². The van der Waals surface area contributed by atoms with Gasteiger partial charge in [0.1, 0.15) is 22.2 Å². The molecule has 2 aliphatic carbocycles. The molecule has 0 atom stereocenters. The highest BCUT2D eigenvalue weighted by Gasteiger charge is 2.31. The summed E-state index contributed by atoms with van der Waals surface area (Å²) in [6.45, 7) is 3.14. The number of hydrogen-bond donors (Lipinski definition) is 0. The molecule has 3 aliphatic rings. The largest absolute Gasteiger partial charge is 0.497 e. The number of nitrogens with zero attached hydrogens (tertiary/aromatic N) is 4. The lowest BCUT2D eigenvalue weighted by Gasteiger charge is -2.36. The summed E-state index contributed by atoms with van der Waals surface area (Å²) in [5, 5.41) is 1.31. The average molecular weight is 477 g/mol. The molecule has 34 heavy (non-hydrogen) atoms. The zero-order valence-corrected chi connectivity index (χ0v) is 20.7. The van der Waals surface area contributed by atoms with E-state index in [1.165, 1.54) is 59.2 Å². The van der Waals surface area contributed by atoms with Crippen molar-refractivity contribution >= 4 is 33.3 Å². The number of methoxy groups -OCH3 is 1. The van der Waals surface area contributed by atoms with Crippen LogP contribution in [0, 0.1) is 0 Å². The van der Waals surface area contributed by atoms with Crippen molar-refractivity contribution in [1.29, 1.82) is 0 Å². The molecular formula is C27H32N4O2S. The molecule has 178 valence electrons. The van der Waals surface area contributed by atoms with Crippen molar-refractivity contribution in [3.63, 3.8) is 0 Å². The molecule has 1 aliphatic heterocycles. The summed E-state index contributed by atoms with van der Waals surface area (Å²) in [5.41, 5.74) is 2.54. The molecule has 2 fully saturated rings. The van der Waals surface area contributed by atoms with Crippen molar-refractivity contribution in [1.82, 2.24) is 14.9 Å². The first kappa shape index (κ1) is 21.8. The number of carbonyl (C=O) groups is 1. The standard InChI is InChI=1S/C27H32N4O2S/c1-33-20-11-7-18(8-12-20)17-23(32)30-13-15-31(16-14-30)26-24-21-5-3-2-4-6-22(21)34-27(24)29-25(28-26)19-9-10-19/h7-8,11-12,19H,2-6,9-10,13-17H2,1H3. The predicted molar refractivity (Wildman–Crippen MR) is 136 cm³/mol. The minimum atomic E-state index is 0.195. The van der Waals surface area contributed by atoms with Gasteiger partial charge in [-0.1, -0.05) is 18.6 Å². The molecule has 1 saturated carbocycles. The smallest absolute Gasteiger partial charge is 0.227 e. The summed E-state index contributed by atoms with van der Waals surface area (Å²) >= 11 is 1.91. The van der Waals surface area contributed by atoms with E-state index in [1.807, 2.05) is 40.5 Å². The van der Waals surface area contributed by atoms with Crippen molar-refractivity contribution < 1.29 is 9.53 Å². The molecule has 2 aromatic heterocycles. The Labute approximate surface area is 205 Å². The first-order chi connectivity index (χ1) is 16.7. The molecule has 0 spiro atoms. The monoisotopic (exact) mass is 476 g/mol. The van der Waals surface area contributed by atoms with Gasteiger partial charge in [0.2, 0.25) is 5.91 Å². The van der Waals surface area contributed by atoms with Gasteiger partial charge in [-0.3, -0.25) is 4.79 Å². The van der Waals surface area contributed by atoms with Gasteiger partial charge in [0.05, 0.1) is 18.9 Å². The molecule has 1 aromatic carbocycles. The topological polar surface area (TPSA) is 58.6 Å². The molecule has 6 rings (SSSR count). The molecule has 7 heteroatoms. The second-order valence-electron chi connectivity index (χ2n) is 9.82. The fourth-order valence-electron chi connectivity index (χ4n) is 5.28. The Morgan fingerprint density at radius 3 is 2.53 bits per heavy atom. The molecule has 6 nitrogen and oxygen atoms in total. The fraction of sp³-hybridized carbons (Fsp3) is 0.519. The van der Waals surface area contributed by atoms with E-state index in [-0.39, 0.29) is 5.91 Å². The van der Waals surface area contributed by atoms with Crippen LogP contribution in [0.3, 0.4) is 0 Å². The molecule has 0 N–H and O–H groups in total. The number of carbonyl (C=O) groups excluding carboxylic acids is 1. The maximum Gasteiger partial charge on any atom is 0.227 e. The molecule has 0 radical (unpaired) electrons. The fourth-order valence-corrected chi connectivity index (χ4v) is 6.54. The van der Waals surface area contributed by atoms with E-state index in [0.29, 0.717) is 12.3 Å². The van der Waals surface area contributed by atoms with Crippen LogP contribution in [0.2, 0.25) is 0 Å². The van der Waals surface area contributed by atoms with Crippen LogP contribution in [0.25, 0.3) is 10.2 Å². The number of anilines is 1. The van der Waals surface area contributed by atoms with Crippen molar-refractivity contribution in [2.75, 3.05) is 38.2 Å². The van der Waals surface area contributed by atoms with E-state index < -0.39 is 0 Å². The van der Waals surface area contributed by atoms with E-state index in [9.17, 15) is 4.79 Å². The number of rotatable bonds is 5. The van der Waals surface area contributed by atoms with Gasteiger partial charge in [0, 0.05) is 37.0 Å². The Hall–Kier alpha value is -2.67. The van der Waals surface area contributed by atoms with Crippen LogP contribution in [0.1, 0.15) is 59.9 Å². The Balaban J connectivity index is 1.21. The zero-order chi connectivity index (χ0) is 23.1. The average Bonchev–Trinajstić information content (AvgIpc) is 3.69. The molecule has 1 saturated heterocycles. The lowest BCUT2D eigenvalue weighted by molar-refractivity contribution is -0.130. The van der Waals surface area contributed by atoms with E-state index >= 15 is 0 Å². The van der Waals surface area contributed by atoms with Crippen LogP contribution in [-0.4, -0.2) is 54.1 Å². The number of piperazine rings is 1. The summed E-state index contributed by atoms with van der Waals surface area (Å²) < 4.78 is 5.23. The van der Waals surface area contributed by atoms with Crippen molar-refractivity contribution in [3.8, 4) is 5.75 Å². The maximum absolute atomic E-state index is 13.0. The highest BCUT2D eigenvalue weighted by atomic mass is 32.1. The SMILES string of the molecule is COc1ccc(CC(=O)N2CCN(c3nc(C4CC4)nc4sc5c(c34)CCCCC5)CC2)cc1. The molecule has 3 aromatic rings. The van der Waals surface area contributed by atoms with Gasteiger partial charge in [0.15, 0.2) is 0 Å². The number of amides is 1. The van der Waals surface area contributed by atoms with E-state index in [1.54, 1.807) is 7.11 Å². The highest BCUT2D eigenvalue weighted by Crippen LogP contribution is 2.44. The number of aromatic nitrogens is 2. The maximum atomic E-state index is 13.0. The van der Waals surface area contributed by atoms with E-state index in [0.717, 1.165) is 55.6 Å². The quantitative estimate of drug-likeness (QED) is 0.498. The number of hydrogen-bond acceptors (Lipinski definition) is 6. The van der Waals surface area contributed by atoms with Gasteiger partial charge < -0.3 is 14.5 Å². The van der Waals surface area contributed by atoms with Gasteiger partial charge >= 0.3 is 0 Å². The van der Waals surface area contributed by atoms with Crippen LogP contribution < -0.4 is 9.64 Å². The number of fused-ring (bicyclic) bond motifs is 3. The minimum absolute atomic E-state index is 0.195. The van der Waals surface area contributed by atoms with Gasteiger partial charge in [-0.15, -0.1) is 11.3 Å². The van der Waals surface area contributed by atoms with Gasteiger partial charge in [-0.2, -0.15) is 0 Å². The molecule has 0 unspecified atom stereocenters. The van der Waals surface area contributed by atoms with Crippen molar-refractivity contribution in [2.45, 2.75) is 57.3 Å². The van der Waals surface area contributed by atoms with Crippen molar-refractivity contribution in [2.24, 2.45) is 0 Å². The zero-order valence-electron chi connectivity index (χ0n) is 19.9. The number of ether oxygens (including phenoxy) is 1. The molecular weight excluding hydrogens is 444 g/mol. The summed E-state index contributed by atoms with van der Waals surface area (Å²) in [5.74, 6) is 3.72. The Bertz CT molecular complexity index is 1190. The second-order valence-corrected chi connectivity index (χ2v) is 10.9.